The molecule has 0 unspecified atom stereocenters. The summed E-state index contributed by atoms with van der Waals surface area (Å²) < 4.78 is 15.7. The number of carbonyl (C=O) groups is 2. The van der Waals surface area contributed by atoms with Crippen LogP contribution in [0.25, 0.3) is 0 Å². The molecule has 2 aromatic carbocycles. The van der Waals surface area contributed by atoms with Crippen LogP contribution in [0.5, 0.6) is 17.2 Å². The Hall–Kier alpha value is -2.97. The fourth-order valence-electron chi connectivity index (χ4n) is 2.14. The molecule has 8 nitrogen and oxygen atoms in total. The van der Waals surface area contributed by atoms with E-state index in [1.54, 1.807) is 18.2 Å². The monoisotopic (exact) mass is 425 g/mol. The highest BCUT2D eigenvalue weighted by molar-refractivity contribution is 6.42. The molecule has 0 atom stereocenters. The van der Waals surface area contributed by atoms with Crippen LogP contribution in [0.4, 0.5) is 5.69 Å². The van der Waals surface area contributed by atoms with Crippen molar-refractivity contribution in [2.45, 2.75) is 0 Å². The van der Waals surface area contributed by atoms with Crippen molar-refractivity contribution in [3.05, 3.63) is 45.9 Å². The maximum absolute atomic E-state index is 12.0. The number of hydrazone groups is 1. The van der Waals surface area contributed by atoms with Gasteiger partial charge in [0, 0.05) is 16.7 Å². The zero-order valence-corrected chi connectivity index (χ0v) is 16.7. The van der Waals surface area contributed by atoms with Crippen molar-refractivity contribution in [3.63, 3.8) is 0 Å². The summed E-state index contributed by atoms with van der Waals surface area (Å²) in [6.07, 6.45) is 1.30. The van der Waals surface area contributed by atoms with Crippen LogP contribution in [-0.4, -0.2) is 39.4 Å². The molecule has 0 aromatic heterocycles. The summed E-state index contributed by atoms with van der Waals surface area (Å²) in [5, 5.41) is 6.72. The van der Waals surface area contributed by atoms with E-state index in [-0.39, 0.29) is 10.7 Å². The first-order chi connectivity index (χ1) is 13.4. The number of benzene rings is 2. The first-order valence-electron chi connectivity index (χ1n) is 7.79. The van der Waals surface area contributed by atoms with Gasteiger partial charge in [-0.3, -0.25) is 9.59 Å². The number of hydrogen-bond donors (Lipinski definition) is 2. The van der Waals surface area contributed by atoms with Gasteiger partial charge in [0.2, 0.25) is 0 Å². The lowest BCUT2D eigenvalue weighted by molar-refractivity contribution is -0.136. The van der Waals surface area contributed by atoms with E-state index in [1.165, 1.54) is 39.7 Å². The molecule has 0 aliphatic rings. The maximum Gasteiger partial charge on any atom is 0.329 e. The molecular formula is C18H17Cl2N3O5. The second-order valence-electron chi connectivity index (χ2n) is 5.23. The maximum atomic E-state index is 12.0. The number of hydrogen-bond acceptors (Lipinski definition) is 6. The Bertz CT molecular complexity index is 918. The van der Waals surface area contributed by atoms with Crippen LogP contribution in [0.2, 0.25) is 10.0 Å². The Kier molecular flexibility index (Phi) is 7.48. The molecule has 148 valence electrons. The SMILES string of the molecule is COc1cc(OC)c(OC)cc1/C=N/NC(=O)C(=O)Nc1cc(Cl)ccc1Cl. The predicted octanol–water partition coefficient (Wildman–Crippen LogP) is 3.11. The van der Waals surface area contributed by atoms with Gasteiger partial charge in [0.25, 0.3) is 0 Å². The summed E-state index contributed by atoms with van der Waals surface area (Å²) >= 11 is 11.8. The molecule has 2 amide bonds. The van der Waals surface area contributed by atoms with Gasteiger partial charge in [-0.05, 0) is 24.3 Å². The number of amides is 2. The zero-order chi connectivity index (χ0) is 20.7. The van der Waals surface area contributed by atoms with Gasteiger partial charge in [-0.2, -0.15) is 5.10 Å². The fourth-order valence-corrected chi connectivity index (χ4v) is 2.47. The molecule has 28 heavy (non-hydrogen) atoms. The van der Waals surface area contributed by atoms with Crippen molar-refractivity contribution >= 4 is 46.9 Å². The minimum atomic E-state index is -0.994. The molecule has 10 heteroatoms. The van der Waals surface area contributed by atoms with Crippen LogP contribution in [0, 0.1) is 0 Å². The van der Waals surface area contributed by atoms with Crippen molar-refractivity contribution in [1.29, 1.82) is 0 Å². The molecule has 0 radical (unpaired) electrons. The van der Waals surface area contributed by atoms with Crippen LogP contribution >= 0.6 is 23.2 Å². The second kappa shape index (κ2) is 9.82. The molecule has 0 saturated carbocycles. The minimum Gasteiger partial charge on any atom is -0.496 e. The average Bonchev–Trinajstić information content (AvgIpc) is 2.69. The number of halogens is 2. The van der Waals surface area contributed by atoms with Crippen LogP contribution < -0.4 is 25.0 Å². The quantitative estimate of drug-likeness (QED) is 0.420. The number of methoxy groups -OCH3 is 3. The van der Waals surface area contributed by atoms with Crippen molar-refractivity contribution < 1.29 is 23.8 Å². The van der Waals surface area contributed by atoms with Crippen molar-refractivity contribution in [2.24, 2.45) is 5.10 Å². The Morgan fingerprint density at radius 3 is 2.21 bits per heavy atom. The lowest BCUT2D eigenvalue weighted by Gasteiger charge is -2.11. The van der Waals surface area contributed by atoms with E-state index < -0.39 is 11.8 Å². The smallest absolute Gasteiger partial charge is 0.329 e. The summed E-state index contributed by atoms with van der Waals surface area (Å²) in [4.78, 5) is 23.9. The molecule has 0 spiro atoms. The zero-order valence-electron chi connectivity index (χ0n) is 15.2. The highest BCUT2D eigenvalue weighted by Crippen LogP contribution is 2.33. The van der Waals surface area contributed by atoms with E-state index in [0.29, 0.717) is 27.8 Å². The third-order valence-electron chi connectivity index (χ3n) is 3.49. The van der Waals surface area contributed by atoms with E-state index in [0.717, 1.165) is 0 Å². The minimum absolute atomic E-state index is 0.208. The molecule has 2 N–H and O–H groups in total. The number of carbonyl (C=O) groups excluding carboxylic acids is 2. The van der Waals surface area contributed by atoms with Gasteiger partial charge >= 0.3 is 11.8 Å². The molecule has 2 rings (SSSR count). The second-order valence-corrected chi connectivity index (χ2v) is 6.07. The number of nitrogens with zero attached hydrogens (tertiary/aromatic N) is 1. The lowest BCUT2D eigenvalue weighted by atomic mass is 10.2. The number of ether oxygens (including phenoxy) is 3. The van der Waals surface area contributed by atoms with Gasteiger partial charge < -0.3 is 19.5 Å². The summed E-state index contributed by atoms with van der Waals surface area (Å²) in [6, 6.07) is 7.70. The van der Waals surface area contributed by atoms with Crippen molar-refractivity contribution in [1.82, 2.24) is 5.43 Å². The van der Waals surface area contributed by atoms with Crippen LogP contribution in [-0.2, 0) is 9.59 Å². The van der Waals surface area contributed by atoms with Crippen molar-refractivity contribution in [2.75, 3.05) is 26.6 Å². The number of nitrogens with one attached hydrogen (secondary N) is 2. The molecule has 0 aliphatic heterocycles. The molecular weight excluding hydrogens is 409 g/mol. The van der Waals surface area contributed by atoms with Crippen LogP contribution in [0.15, 0.2) is 35.4 Å². The molecule has 0 bridgehead atoms. The van der Waals surface area contributed by atoms with Gasteiger partial charge in [0.05, 0.1) is 38.3 Å². The Morgan fingerprint density at radius 1 is 0.929 bits per heavy atom. The normalized spacial score (nSPS) is 10.5. The van der Waals surface area contributed by atoms with E-state index in [4.69, 9.17) is 37.4 Å². The average molecular weight is 426 g/mol. The van der Waals surface area contributed by atoms with Crippen LogP contribution in [0.1, 0.15) is 5.56 Å². The Balaban J connectivity index is 2.08. The molecule has 0 aliphatic carbocycles. The summed E-state index contributed by atoms with van der Waals surface area (Å²) in [6.45, 7) is 0. The summed E-state index contributed by atoms with van der Waals surface area (Å²) in [5.41, 5.74) is 2.82. The van der Waals surface area contributed by atoms with Crippen molar-refractivity contribution in [3.8, 4) is 17.2 Å². The fraction of sp³-hybridized carbons (Fsp3) is 0.167. The number of rotatable bonds is 6. The summed E-state index contributed by atoms with van der Waals surface area (Å²) in [5.74, 6) is -0.596. The van der Waals surface area contributed by atoms with E-state index in [2.05, 4.69) is 15.8 Å². The van der Waals surface area contributed by atoms with E-state index in [9.17, 15) is 9.59 Å². The predicted molar refractivity (Wildman–Crippen MR) is 107 cm³/mol. The molecule has 0 fully saturated rings. The summed E-state index contributed by atoms with van der Waals surface area (Å²) in [7, 11) is 4.45. The van der Waals surface area contributed by atoms with E-state index in [1.807, 2.05) is 0 Å². The van der Waals surface area contributed by atoms with Gasteiger partial charge in [-0.25, -0.2) is 5.43 Å². The van der Waals surface area contributed by atoms with Gasteiger partial charge in [-0.1, -0.05) is 23.2 Å². The molecule has 0 saturated heterocycles. The third kappa shape index (κ3) is 5.28. The first kappa shape index (κ1) is 21.3. The van der Waals surface area contributed by atoms with Gasteiger partial charge in [0.1, 0.15) is 5.75 Å². The third-order valence-corrected chi connectivity index (χ3v) is 4.05. The Morgan fingerprint density at radius 2 is 1.57 bits per heavy atom. The van der Waals surface area contributed by atoms with Gasteiger partial charge in [0.15, 0.2) is 11.5 Å². The topological polar surface area (TPSA) is 98.2 Å². The van der Waals surface area contributed by atoms with E-state index >= 15 is 0 Å². The largest absolute Gasteiger partial charge is 0.496 e. The molecule has 2 aromatic rings. The molecule has 0 heterocycles. The first-order valence-corrected chi connectivity index (χ1v) is 8.54. The van der Waals surface area contributed by atoms with Gasteiger partial charge in [-0.15, -0.1) is 0 Å². The lowest BCUT2D eigenvalue weighted by Crippen LogP contribution is -2.32. The Labute approximate surface area is 171 Å². The number of anilines is 1. The standard InChI is InChI=1S/C18H17Cl2N3O5/c1-26-14-8-16(28-3)15(27-2)6-10(14)9-21-23-18(25)17(24)22-13-7-11(19)4-5-12(13)20/h4-9H,1-3H3,(H,22,24)(H,23,25)/b21-9+. The highest BCUT2D eigenvalue weighted by atomic mass is 35.5. The van der Waals surface area contributed by atoms with Crippen LogP contribution in [0.3, 0.4) is 0 Å². The highest BCUT2D eigenvalue weighted by Gasteiger charge is 2.15.